The SMILES string of the molecule is O=C(O)CSc1nccn1C1CCOC1. The minimum atomic E-state index is -0.822. The van der Waals surface area contributed by atoms with Gasteiger partial charge in [-0.3, -0.25) is 4.79 Å². The summed E-state index contributed by atoms with van der Waals surface area (Å²) >= 11 is 1.25. The van der Waals surface area contributed by atoms with E-state index in [4.69, 9.17) is 9.84 Å². The fourth-order valence-electron chi connectivity index (χ4n) is 1.56. The number of imidazole rings is 1. The maximum Gasteiger partial charge on any atom is 0.313 e. The van der Waals surface area contributed by atoms with Gasteiger partial charge in [-0.2, -0.15) is 0 Å². The summed E-state index contributed by atoms with van der Waals surface area (Å²) in [5, 5.41) is 9.34. The number of carboxylic acid groups (broad SMARTS) is 1. The predicted molar refractivity (Wildman–Crippen MR) is 55.1 cm³/mol. The Bertz CT molecular complexity index is 347. The molecule has 0 amide bonds. The van der Waals surface area contributed by atoms with E-state index in [0.29, 0.717) is 12.6 Å². The summed E-state index contributed by atoms with van der Waals surface area (Å²) < 4.78 is 7.29. The average Bonchev–Trinajstić information content (AvgIpc) is 2.85. The highest BCUT2D eigenvalue weighted by molar-refractivity contribution is 7.99. The van der Waals surface area contributed by atoms with Crippen LogP contribution >= 0.6 is 11.8 Å². The fraction of sp³-hybridized carbons (Fsp3) is 0.556. The Morgan fingerprint density at radius 2 is 2.67 bits per heavy atom. The number of carbonyl (C=O) groups is 1. The molecule has 0 aliphatic carbocycles. The summed E-state index contributed by atoms with van der Waals surface area (Å²) in [6, 6.07) is 0.309. The van der Waals surface area contributed by atoms with E-state index in [1.54, 1.807) is 6.20 Å². The van der Waals surface area contributed by atoms with Crippen LogP contribution in [0, 0.1) is 0 Å². The van der Waals surface area contributed by atoms with E-state index >= 15 is 0 Å². The minimum Gasteiger partial charge on any atom is -0.481 e. The molecule has 6 heteroatoms. The molecule has 1 unspecified atom stereocenters. The van der Waals surface area contributed by atoms with Gasteiger partial charge in [-0.15, -0.1) is 0 Å². The second kappa shape index (κ2) is 4.67. The third-order valence-electron chi connectivity index (χ3n) is 2.26. The molecule has 1 saturated heterocycles. The van der Waals surface area contributed by atoms with Crippen LogP contribution in [0.15, 0.2) is 17.6 Å². The Hall–Kier alpha value is -1.01. The lowest BCUT2D eigenvalue weighted by Gasteiger charge is -2.12. The van der Waals surface area contributed by atoms with Crippen molar-refractivity contribution >= 4 is 17.7 Å². The number of hydrogen-bond donors (Lipinski definition) is 1. The molecule has 0 bridgehead atoms. The van der Waals surface area contributed by atoms with Gasteiger partial charge in [-0.05, 0) is 6.42 Å². The maximum atomic E-state index is 10.4. The number of hydrogen-bond acceptors (Lipinski definition) is 4. The number of nitrogens with zero attached hydrogens (tertiary/aromatic N) is 2. The molecule has 82 valence electrons. The maximum absolute atomic E-state index is 10.4. The molecule has 2 heterocycles. The Balaban J connectivity index is 2.04. The normalized spacial score (nSPS) is 20.7. The first-order valence-electron chi connectivity index (χ1n) is 4.72. The van der Waals surface area contributed by atoms with Crippen LogP contribution in [0.4, 0.5) is 0 Å². The molecule has 1 fully saturated rings. The number of ether oxygens (including phenoxy) is 1. The lowest BCUT2D eigenvalue weighted by Crippen LogP contribution is -2.09. The van der Waals surface area contributed by atoms with Crippen LogP contribution in [-0.2, 0) is 9.53 Å². The van der Waals surface area contributed by atoms with E-state index in [0.717, 1.165) is 18.2 Å². The lowest BCUT2D eigenvalue weighted by molar-refractivity contribution is -0.133. The van der Waals surface area contributed by atoms with E-state index in [2.05, 4.69) is 4.98 Å². The van der Waals surface area contributed by atoms with Crippen LogP contribution in [0.2, 0.25) is 0 Å². The van der Waals surface area contributed by atoms with E-state index in [1.807, 2.05) is 10.8 Å². The van der Waals surface area contributed by atoms with Crippen molar-refractivity contribution in [3.05, 3.63) is 12.4 Å². The van der Waals surface area contributed by atoms with Crippen molar-refractivity contribution in [1.29, 1.82) is 0 Å². The minimum absolute atomic E-state index is 0.0462. The van der Waals surface area contributed by atoms with Gasteiger partial charge in [0.1, 0.15) is 0 Å². The first kappa shape index (κ1) is 10.5. The molecule has 0 radical (unpaired) electrons. The first-order valence-corrected chi connectivity index (χ1v) is 5.71. The van der Waals surface area contributed by atoms with Crippen LogP contribution in [-0.4, -0.2) is 39.6 Å². The van der Waals surface area contributed by atoms with Crippen molar-refractivity contribution in [3.63, 3.8) is 0 Å². The van der Waals surface area contributed by atoms with Crippen LogP contribution in [0.5, 0.6) is 0 Å². The molecule has 2 rings (SSSR count). The average molecular weight is 228 g/mol. The Morgan fingerprint density at radius 3 is 3.33 bits per heavy atom. The number of thioether (sulfide) groups is 1. The molecule has 1 atom stereocenters. The zero-order valence-electron chi connectivity index (χ0n) is 8.13. The van der Waals surface area contributed by atoms with Gasteiger partial charge in [0.15, 0.2) is 5.16 Å². The van der Waals surface area contributed by atoms with Crippen molar-refractivity contribution in [2.24, 2.45) is 0 Å². The van der Waals surface area contributed by atoms with Gasteiger partial charge >= 0.3 is 5.97 Å². The van der Waals surface area contributed by atoms with Crippen LogP contribution in [0.25, 0.3) is 0 Å². The highest BCUT2D eigenvalue weighted by Gasteiger charge is 2.20. The van der Waals surface area contributed by atoms with Crippen molar-refractivity contribution < 1.29 is 14.6 Å². The highest BCUT2D eigenvalue weighted by atomic mass is 32.2. The van der Waals surface area contributed by atoms with Crippen molar-refractivity contribution in [1.82, 2.24) is 9.55 Å². The second-order valence-corrected chi connectivity index (χ2v) is 4.26. The Labute approximate surface area is 91.4 Å². The number of rotatable bonds is 4. The molecule has 15 heavy (non-hydrogen) atoms. The Morgan fingerprint density at radius 1 is 1.80 bits per heavy atom. The van der Waals surface area contributed by atoms with Gasteiger partial charge in [0, 0.05) is 19.0 Å². The van der Waals surface area contributed by atoms with Crippen LogP contribution < -0.4 is 0 Å². The topological polar surface area (TPSA) is 64.3 Å². The molecule has 0 spiro atoms. The van der Waals surface area contributed by atoms with Gasteiger partial charge in [-0.1, -0.05) is 11.8 Å². The lowest BCUT2D eigenvalue weighted by atomic mass is 10.3. The van der Waals surface area contributed by atoms with E-state index in [9.17, 15) is 4.79 Å². The zero-order chi connectivity index (χ0) is 10.7. The molecule has 1 aliphatic heterocycles. The number of carboxylic acids is 1. The largest absolute Gasteiger partial charge is 0.481 e. The van der Waals surface area contributed by atoms with Gasteiger partial charge in [0.05, 0.1) is 18.4 Å². The standard InChI is InChI=1S/C9H12N2O3S/c12-8(13)6-15-9-10-2-3-11(9)7-1-4-14-5-7/h2-3,7H,1,4-6H2,(H,12,13). The number of aliphatic carboxylic acids is 1. The summed E-state index contributed by atoms with van der Waals surface area (Å²) in [6.07, 6.45) is 4.54. The summed E-state index contributed by atoms with van der Waals surface area (Å²) in [7, 11) is 0. The monoisotopic (exact) mass is 228 g/mol. The zero-order valence-corrected chi connectivity index (χ0v) is 8.94. The first-order chi connectivity index (χ1) is 7.27. The fourth-order valence-corrected chi connectivity index (χ4v) is 2.30. The predicted octanol–water partition coefficient (Wildman–Crippen LogP) is 1.02. The molecule has 1 aliphatic rings. The van der Waals surface area contributed by atoms with Gasteiger partial charge in [0.25, 0.3) is 0 Å². The van der Waals surface area contributed by atoms with Gasteiger partial charge in [-0.25, -0.2) is 4.98 Å². The molecule has 1 aromatic rings. The van der Waals surface area contributed by atoms with Gasteiger partial charge < -0.3 is 14.4 Å². The number of aromatic nitrogens is 2. The molecule has 0 aromatic carbocycles. The third kappa shape index (κ3) is 2.51. The van der Waals surface area contributed by atoms with Crippen LogP contribution in [0.1, 0.15) is 12.5 Å². The van der Waals surface area contributed by atoms with E-state index in [1.165, 1.54) is 11.8 Å². The van der Waals surface area contributed by atoms with Crippen molar-refractivity contribution in [2.75, 3.05) is 19.0 Å². The molecular weight excluding hydrogens is 216 g/mol. The summed E-state index contributed by atoms with van der Waals surface area (Å²) in [5.74, 6) is -0.776. The van der Waals surface area contributed by atoms with Crippen molar-refractivity contribution in [3.8, 4) is 0 Å². The highest BCUT2D eigenvalue weighted by Crippen LogP contribution is 2.25. The quantitative estimate of drug-likeness (QED) is 0.779. The molecule has 1 N–H and O–H groups in total. The summed E-state index contributed by atoms with van der Waals surface area (Å²) in [6.45, 7) is 1.46. The van der Waals surface area contributed by atoms with E-state index in [-0.39, 0.29) is 5.75 Å². The molecular formula is C9H12N2O3S. The molecule has 1 aromatic heterocycles. The Kier molecular flexibility index (Phi) is 3.27. The smallest absolute Gasteiger partial charge is 0.313 e. The van der Waals surface area contributed by atoms with E-state index < -0.39 is 5.97 Å². The molecule has 0 saturated carbocycles. The van der Waals surface area contributed by atoms with Crippen LogP contribution in [0.3, 0.4) is 0 Å². The summed E-state index contributed by atoms with van der Waals surface area (Å²) in [4.78, 5) is 14.6. The summed E-state index contributed by atoms with van der Waals surface area (Å²) in [5.41, 5.74) is 0. The second-order valence-electron chi connectivity index (χ2n) is 3.32. The van der Waals surface area contributed by atoms with Gasteiger partial charge in [0.2, 0.25) is 0 Å². The van der Waals surface area contributed by atoms with Crippen molar-refractivity contribution in [2.45, 2.75) is 17.6 Å². The molecule has 5 nitrogen and oxygen atoms in total. The third-order valence-corrected chi connectivity index (χ3v) is 3.22.